The maximum Gasteiger partial charge on any atom is 0.237 e. The lowest BCUT2D eigenvalue weighted by molar-refractivity contribution is -0.121. The summed E-state index contributed by atoms with van der Waals surface area (Å²) in [6.07, 6.45) is 0.942. The molecule has 1 fully saturated rings. The van der Waals surface area contributed by atoms with Crippen molar-refractivity contribution in [2.24, 2.45) is 5.73 Å². The molecule has 1 aliphatic heterocycles. The van der Waals surface area contributed by atoms with Crippen LogP contribution in [-0.2, 0) is 4.79 Å². The van der Waals surface area contributed by atoms with Crippen molar-refractivity contribution < 1.29 is 4.79 Å². The highest BCUT2D eigenvalue weighted by Gasteiger charge is 2.26. The Balaban J connectivity index is 2.18. The van der Waals surface area contributed by atoms with E-state index < -0.39 is 0 Å². The Morgan fingerprint density at radius 1 is 1.53 bits per heavy atom. The van der Waals surface area contributed by atoms with Crippen molar-refractivity contribution in [3.8, 4) is 0 Å². The molecule has 0 radical (unpaired) electrons. The van der Waals surface area contributed by atoms with E-state index in [0.717, 1.165) is 22.2 Å². The van der Waals surface area contributed by atoms with Gasteiger partial charge in [-0.05, 0) is 29.9 Å². The van der Waals surface area contributed by atoms with E-state index in [0.29, 0.717) is 6.54 Å². The average Bonchev–Trinajstić information content (AvgIpc) is 2.50. The summed E-state index contributed by atoms with van der Waals surface area (Å²) in [5.74, 6) is 1.03. The number of carbonyl (C=O) groups is 1. The van der Waals surface area contributed by atoms with Gasteiger partial charge >= 0.3 is 0 Å². The molecule has 2 atom stereocenters. The number of carbonyl (C=O) groups excluding carboxylic acids is 1. The summed E-state index contributed by atoms with van der Waals surface area (Å²) in [6, 6.07) is 8.03. The highest BCUT2D eigenvalue weighted by molar-refractivity contribution is 9.10. The fourth-order valence-corrected chi connectivity index (χ4v) is 3.48. The summed E-state index contributed by atoms with van der Waals surface area (Å²) < 4.78 is 1.00. The van der Waals surface area contributed by atoms with Gasteiger partial charge in [-0.1, -0.05) is 28.1 Å². The van der Waals surface area contributed by atoms with Gasteiger partial charge < -0.3 is 11.1 Å². The molecule has 0 unspecified atom stereocenters. The number of amides is 1. The molecule has 1 saturated heterocycles. The zero-order chi connectivity index (χ0) is 12.3. The van der Waals surface area contributed by atoms with Gasteiger partial charge in [-0.15, -0.1) is 11.8 Å². The van der Waals surface area contributed by atoms with Crippen molar-refractivity contribution in [1.29, 1.82) is 0 Å². The quantitative estimate of drug-likeness (QED) is 0.878. The molecule has 0 aromatic heterocycles. The molecule has 1 aromatic rings. The van der Waals surface area contributed by atoms with Gasteiger partial charge in [0.05, 0.1) is 0 Å². The van der Waals surface area contributed by atoms with Gasteiger partial charge in [-0.3, -0.25) is 4.79 Å². The van der Waals surface area contributed by atoms with E-state index in [4.69, 9.17) is 5.73 Å². The van der Waals surface area contributed by atoms with Gasteiger partial charge in [0.1, 0.15) is 5.25 Å². The lowest BCUT2D eigenvalue weighted by Crippen LogP contribution is -2.40. The highest BCUT2D eigenvalue weighted by Crippen LogP contribution is 2.33. The summed E-state index contributed by atoms with van der Waals surface area (Å²) in [7, 11) is 0. The predicted octanol–water partition coefficient (Wildman–Crippen LogP) is 2.07. The molecule has 5 heteroatoms. The SMILES string of the molecule is NC[C@@H]1CCS[C@H](c2cccc(Br)c2)C(=O)N1. The number of hydrogen-bond acceptors (Lipinski definition) is 3. The lowest BCUT2D eigenvalue weighted by Gasteiger charge is -2.15. The van der Waals surface area contributed by atoms with Crippen LogP contribution in [0.25, 0.3) is 0 Å². The van der Waals surface area contributed by atoms with Gasteiger partial charge in [0.2, 0.25) is 5.91 Å². The van der Waals surface area contributed by atoms with Crippen LogP contribution in [0.5, 0.6) is 0 Å². The lowest BCUT2D eigenvalue weighted by atomic mass is 10.1. The molecule has 3 nitrogen and oxygen atoms in total. The topological polar surface area (TPSA) is 55.1 Å². The van der Waals surface area contributed by atoms with Gasteiger partial charge in [-0.2, -0.15) is 0 Å². The first-order chi connectivity index (χ1) is 8.20. The molecule has 2 rings (SSSR count). The molecule has 0 aliphatic carbocycles. The Morgan fingerprint density at radius 3 is 3.06 bits per heavy atom. The number of halogens is 1. The van der Waals surface area contributed by atoms with E-state index in [1.54, 1.807) is 11.8 Å². The first kappa shape index (κ1) is 12.9. The molecular formula is C12H15BrN2OS. The normalized spacial score (nSPS) is 25.2. The molecule has 92 valence electrons. The van der Waals surface area contributed by atoms with Crippen LogP contribution < -0.4 is 11.1 Å². The van der Waals surface area contributed by atoms with Crippen molar-refractivity contribution in [1.82, 2.24) is 5.32 Å². The highest BCUT2D eigenvalue weighted by atomic mass is 79.9. The Bertz CT molecular complexity index is 413. The van der Waals surface area contributed by atoms with Gasteiger partial charge in [-0.25, -0.2) is 0 Å². The maximum atomic E-state index is 12.1. The third-order valence-electron chi connectivity index (χ3n) is 2.77. The Morgan fingerprint density at radius 2 is 2.35 bits per heavy atom. The zero-order valence-electron chi connectivity index (χ0n) is 9.36. The fourth-order valence-electron chi connectivity index (χ4n) is 1.85. The standard InChI is InChI=1S/C12H15BrN2OS/c13-9-3-1-2-8(6-9)11-12(16)15-10(7-14)4-5-17-11/h1-3,6,10-11H,4-5,7,14H2,(H,15,16)/t10-,11+/m0/s1. The van der Waals surface area contributed by atoms with E-state index in [9.17, 15) is 4.79 Å². The molecule has 3 N–H and O–H groups in total. The third-order valence-corrected chi connectivity index (χ3v) is 4.56. The fraction of sp³-hybridized carbons (Fsp3) is 0.417. The van der Waals surface area contributed by atoms with Crippen LogP contribution in [0.1, 0.15) is 17.2 Å². The number of thioether (sulfide) groups is 1. The molecule has 0 saturated carbocycles. The van der Waals surface area contributed by atoms with Crippen LogP contribution in [0.3, 0.4) is 0 Å². The summed E-state index contributed by atoms with van der Waals surface area (Å²) in [5.41, 5.74) is 6.65. The Labute approximate surface area is 114 Å². The van der Waals surface area contributed by atoms with Crippen molar-refractivity contribution in [3.63, 3.8) is 0 Å². The van der Waals surface area contributed by atoms with Gasteiger partial charge in [0, 0.05) is 17.1 Å². The second kappa shape index (κ2) is 5.89. The van der Waals surface area contributed by atoms with Crippen molar-refractivity contribution in [3.05, 3.63) is 34.3 Å². The van der Waals surface area contributed by atoms with E-state index in [-0.39, 0.29) is 17.2 Å². The van der Waals surface area contributed by atoms with E-state index in [1.165, 1.54) is 0 Å². The minimum absolute atomic E-state index is 0.0704. The van der Waals surface area contributed by atoms with Gasteiger partial charge in [0.15, 0.2) is 0 Å². The van der Waals surface area contributed by atoms with E-state index in [1.807, 2.05) is 24.3 Å². The molecule has 0 spiro atoms. The third kappa shape index (κ3) is 3.24. The van der Waals surface area contributed by atoms with Crippen LogP contribution in [0.15, 0.2) is 28.7 Å². The molecule has 1 aromatic carbocycles. The number of hydrogen-bond donors (Lipinski definition) is 2. The molecule has 1 heterocycles. The maximum absolute atomic E-state index is 12.1. The van der Waals surface area contributed by atoms with Crippen LogP contribution >= 0.6 is 27.7 Å². The number of rotatable bonds is 2. The van der Waals surface area contributed by atoms with Crippen LogP contribution in [-0.4, -0.2) is 24.2 Å². The molecule has 0 bridgehead atoms. The van der Waals surface area contributed by atoms with Crippen LogP contribution in [0, 0.1) is 0 Å². The monoisotopic (exact) mass is 314 g/mol. The predicted molar refractivity (Wildman–Crippen MR) is 74.9 cm³/mol. The second-order valence-electron chi connectivity index (χ2n) is 4.04. The Hall–Kier alpha value is -0.520. The molecule has 17 heavy (non-hydrogen) atoms. The summed E-state index contributed by atoms with van der Waals surface area (Å²) in [6.45, 7) is 0.511. The van der Waals surface area contributed by atoms with Crippen LogP contribution in [0.4, 0.5) is 0 Å². The largest absolute Gasteiger partial charge is 0.351 e. The minimum Gasteiger partial charge on any atom is -0.351 e. The number of nitrogens with one attached hydrogen (secondary N) is 1. The first-order valence-electron chi connectivity index (χ1n) is 5.58. The van der Waals surface area contributed by atoms with Crippen molar-refractivity contribution in [2.75, 3.05) is 12.3 Å². The van der Waals surface area contributed by atoms with E-state index >= 15 is 0 Å². The smallest absolute Gasteiger partial charge is 0.237 e. The molecule has 1 aliphatic rings. The summed E-state index contributed by atoms with van der Waals surface area (Å²) >= 11 is 5.12. The molecular weight excluding hydrogens is 300 g/mol. The minimum atomic E-state index is -0.121. The van der Waals surface area contributed by atoms with Crippen LogP contribution in [0.2, 0.25) is 0 Å². The summed E-state index contributed by atoms with van der Waals surface area (Å²) in [5, 5.41) is 2.88. The Kier molecular flexibility index (Phi) is 4.48. The second-order valence-corrected chi connectivity index (χ2v) is 6.16. The molecule has 1 amide bonds. The van der Waals surface area contributed by atoms with Gasteiger partial charge in [0.25, 0.3) is 0 Å². The number of nitrogens with two attached hydrogens (primary N) is 1. The first-order valence-corrected chi connectivity index (χ1v) is 7.42. The van der Waals surface area contributed by atoms with Crippen molar-refractivity contribution >= 4 is 33.6 Å². The average molecular weight is 315 g/mol. The zero-order valence-corrected chi connectivity index (χ0v) is 11.8. The van der Waals surface area contributed by atoms with Crippen molar-refractivity contribution in [2.45, 2.75) is 17.7 Å². The van der Waals surface area contributed by atoms with E-state index in [2.05, 4.69) is 21.2 Å². The summed E-state index contributed by atoms with van der Waals surface area (Å²) in [4.78, 5) is 12.1. The number of benzene rings is 1.